The molecule has 0 bridgehead atoms. The van der Waals surface area contributed by atoms with Gasteiger partial charge in [0, 0.05) is 21.2 Å². The van der Waals surface area contributed by atoms with E-state index in [0.717, 1.165) is 21.0 Å². The number of aliphatic hydroxyl groups excluding tert-OH is 1. The van der Waals surface area contributed by atoms with Gasteiger partial charge in [-0.05, 0) is 46.9 Å². The van der Waals surface area contributed by atoms with Crippen molar-refractivity contribution in [3.05, 3.63) is 58.1 Å². The molecule has 0 aromatic heterocycles. The molecule has 20 heavy (non-hydrogen) atoms. The average Bonchev–Trinajstić information content (AvgIpc) is 2.54. The Balaban J connectivity index is 2.08. The van der Waals surface area contributed by atoms with Gasteiger partial charge in [-0.25, -0.2) is 0 Å². The van der Waals surface area contributed by atoms with Crippen LogP contribution in [-0.2, 0) is 6.42 Å². The van der Waals surface area contributed by atoms with Crippen LogP contribution in [0.2, 0.25) is 5.02 Å². The van der Waals surface area contributed by atoms with Crippen molar-refractivity contribution in [1.82, 2.24) is 0 Å². The molecule has 2 aromatic rings. The van der Waals surface area contributed by atoms with Crippen LogP contribution in [0.25, 0.3) is 0 Å². The second-order valence-corrected chi connectivity index (χ2v) is 7.05. The van der Waals surface area contributed by atoms with E-state index in [1.54, 1.807) is 11.8 Å². The minimum atomic E-state index is -0.462. The van der Waals surface area contributed by atoms with Gasteiger partial charge in [0.25, 0.3) is 0 Å². The predicted molar refractivity (Wildman–Crippen MR) is 84.8 cm³/mol. The van der Waals surface area contributed by atoms with Crippen molar-refractivity contribution >= 4 is 23.4 Å². The highest BCUT2D eigenvalue weighted by molar-refractivity contribution is 7.99. The Hall–Kier alpha value is -0.960. The van der Waals surface area contributed by atoms with Crippen LogP contribution in [0.1, 0.15) is 42.6 Å². The van der Waals surface area contributed by atoms with Crippen molar-refractivity contribution in [2.75, 3.05) is 0 Å². The van der Waals surface area contributed by atoms with Crippen molar-refractivity contribution < 1.29 is 5.11 Å². The van der Waals surface area contributed by atoms with Gasteiger partial charge >= 0.3 is 0 Å². The molecular formula is C17H17ClOS. The predicted octanol–water partition coefficient (Wildman–Crippen LogP) is 5.20. The average molecular weight is 305 g/mol. The van der Waals surface area contributed by atoms with Crippen LogP contribution in [0.5, 0.6) is 0 Å². The first kappa shape index (κ1) is 14.0. The fraction of sp³-hybridized carbons (Fsp3) is 0.294. The number of fused-ring (bicyclic) bond motifs is 2. The second kappa shape index (κ2) is 5.44. The van der Waals surface area contributed by atoms with Gasteiger partial charge in [-0.3, -0.25) is 0 Å². The molecule has 3 heteroatoms. The first-order valence-electron chi connectivity index (χ1n) is 6.83. The van der Waals surface area contributed by atoms with Crippen LogP contribution >= 0.6 is 23.4 Å². The molecule has 0 saturated carbocycles. The maximum atomic E-state index is 10.5. The van der Waals surface area contributed by atoms with Crippen LogP contribution in [0.4, 0.5) is 0 Å². The van der Waals surface area contributed by atoms with Gasteiger partial charge < -0.3 is 5.11 Å². The van der Waals surface area contributed by atoms with E-state index in [9.17, 15) is 5.11 Å². The number of hydrogen-bond donors (Lipinski definition) is 1. The summed E-state index contributed by atoms with van der Waals surface area (Å²) in [6.07, 6.45) is 0.160. The van der Waals surface area contributed by atoms with Crippen molar-refractivity contribution in [2.45, 2.75) is 42.1 Å². The third-order valence-electron chi connectivity index (χ3n) is 3.72. The SMILES string of the molecule is CC(C)c1ccc2c(c1)[C@H](O)Cc1cc(Cl)ccc1S2. The Kier molecular flexibility index (Phi) is 3.80. The van der Waals surface area contributed by atoms with Crippen LogP contribution in [0.3, 0.4) is 0 Å². The van der Waals surface area contributed by atoms with E-state index in [0.29, 0.717) is 12.3 Å². The van der Waals surface area contributed by atoms with Crippen molar-refractivity contribution in [1.29, 1.82) is 0 Å². The monoisotopic (exact) mass is 304 g/mol. The summed E-state index contributed by atoms with van der Waals surface area (Å²) < 4.78 is 0. The molecular weight excluding hydrogens is 288 g/mol. The largest absolute Gasteiger partial charge is 0.388 e. The molecule has 0 radical (unpaired) electrons. The van der Waals surface area contributed by atoms with Crippen LogP contribution in [0, 0.1) is 0 Å². The Morgan fingerprint density at radius 2 is 1.90 bits per heavy atom. The van der Waals surface area contributed by atoms with E-state index in [4.69, 9.17) is 11.6 Å². The van der Waals surface area contributed by atoms with Gasteiger partial charge in [0.1, 0.15) is 0 Å². The summed E-state index contributed by atoms with van der Waals surface area (Å²) in [5.74, 6) is 0.470. The van der Waals surface area contributed by atoms with E-state index < -0.39 is 6.10 Å². The van der Waals surface area contributed by atoms with Gasteiger partial charge in [-0.15, -0.1) is 0 Å². The van der Waals surface area contributed by atoms with Gasteiger partial charge in [0.05, 0.1) is 6.10 Å². The molecule has 0 saturated heterocycles. The number of aliphatic hydroxyl groups is 1. The first-order valence-corrected chi connectivity index (χ1v) is 8.02. The van der Waals surface area contributed by atoms with Crippen molar-refractivity contribution in [2.24, 2.45) is 0 Å². The molecule has 0 aliphatic carbocycles. The van der Waals surface area contributed by atoms with Gasteiger partial charge in [-0.1, -0.05) is 49.3 Å². The van der Waals surface area contributed by atoms with Gasteiger partial charge in [0.2, 0.25) is 0 Å². The third kappa shape index (κ3) is 2.60. The maximum Gasteiger partial charge on any atom is 0.0841 e. The van der Waals surface area contributed by atoms with Crippen molar-refractivity contribution in [3.8, 4) is 0 Å². The molecule has 2 aromatic carbocycles. The highest BCUT2D eigenvalue weighted by Crippen LogP contribution is 2.42. The Labute approximate surface area is 129 Å². The molecule has 1 atom stereocenters. The molecule has 0 fully saturated rings. The molecule has 3 rings (SSSR count). The second-order valence-electron chi connectivity index (χ2n) is 5.53. The summed E-state index contributed by atoms with van der Waals surface area (Å²) in [6, 6.07) is 12.3. The summed E-state index contributed by atoms with van der Waals surface area (Å²) in [5.41, 5.74) is 3.43. The lowest BCUT2D eigenvalue weighted by Crippen LogP contribution is -2.03. The standard InChI is InChI=1S/C17H17ClOS/c1-10(2)11-3-5-17-14(8-11)15(19)9-12-7-13(18)4-6-16(12)20-17/h3-8,10,15,19H,9H2,1-2H3/t15-/m1/s1. The quantitative estimate of drug-likeness (QED) is 0.781. The summed E-state index contributed by atoms with van der Waals surface area (Å²) >= 11 is 7.78. The zero-order valence-electron chi connectivity index (χ0n) is 11.6. The summed E-state index contributed by atoms with van der Waals surface area (Å²) in [7, 11) is 0. The van der Waals surface area contributed by atoms with E-state index in [1.807, 2.05) is 18.2 Å². The summed E-state index contributed by atoms with van der Waals surface area (Å²) in [5, 5.41) is 11.3. The fourth-order valence-electron chi connectivity index (χ4n) is 2.52. The van der Waals surface area contributed by atoms with Crippen molar-refractivity contribution in [3.63, 3.8) is 0 Å². The minimum Gasteiger partial charge on any atom is -0.388 e. The third-order valence-corrected chi connectivity index (χ3v) is 5.16. The highest BCUT2D eigenvalue weighted by Gasteiger charge is 2.21. The maximum absolute atomic E-state index is 10.5. The van der Waals surface area contributed by atoms with E-state index in [1.165, 1.54) is 10.5 Å². The Bertz CT molecular complexity index is 651. The minimum absolute atomic E-state index is 0.462. The zero-order chi connectivity index (χ0) is 14.3. The molecule has 0 amide bonds. The molecule has 1 aliphatic heterocycles. The molecule has 104 valence electrons. The lowest BCUT2D eigenvalue weighted by molar-refractivity contribution is 0.175. The normalized spacial score (nSPS) is 17.6. The molecule has 0 spiro atoms. The van der Waals surface area contributed by atoms with Crippen LogP contribution in [0.15, 0.2) is 46.2 Å². The van der Waals surface area contributed by atoms with Gasteiger partial charge in [-0.2, -0.15) is 0 Å². The van der Waals surface area contributed by atoms with Crippen LogP contribution < -0.4 is 0 Å². The molecule has 0 unspecified atom stereocenters. The summed E-state index contributed by atoms with van der Waals surface area (Å²) in [4.78, 5) is 2.33. The van der Waals surface area contributed by atoms with E-state index >= 15 is 0 Å². The lowest BCUT2D eigenvalue weighted by Gasteiger charge is -2.14. The Morgan fingerprint density at radius 1 is 1.15 bits per heavy atom. The zero-order valence-corrected chi connectivity index (χ0v) is 13.1. The lowest BCUT2D eigenvalue weighted by atomic mass is 9.96. The highest BCUT2D eigenvalue weighted by atomic mass is 35.5. The number of halogens is 1. The smallest absolute Gasteiger partial charge is 0.0841 e. The van der Waals surface area contributed by atoms with E-state index in [-0.39, 0.29) is 0 Å². The number of rotatable bonds is 1. The van der Waals surface area contributed by atoms with Gasteiger partial charge in [0.15, 0.2) is 0 Å². The molecule has 1 heterocycles. The molecule has 1 nitrogen and oxygen atoms in total. The topological polar surface area (TPSA) is 20.2 Å². The number of hydrogen-bond acceptors (Lipinski definition) is 2. The fourth-order valence-corrected chi connectivity index (χ4v) is 3.81. The van der Waals surface area contributed by atoms with Crippen LogP contribution in [-0.4, -0.2) is 5.11 Å². The summed E-state index contributed by atoms with van der Waals surface area (Å²) in [6.45, 7) is 4.35. The number of benzene rings is 2. The van der Waals surface area contributed by atoms with E-state index in [2.05, 4.69) is 32.0 Å². The molecule has 1 N–H and O–H groups in total. The first-order chi connectivity index (χ1) is 9.54. The Morgan fingerprint density at radius 3 is 2.65 bits per heavy atom. The molecule has 1 aliphatic rings.